The average molecular weight is 250 g/mol. The van der Waals surface area contributed by atoms with E-state index < -0.39 is 6.10 Å². The predicted molar refractivity (Wildman–Crippen MR) is 70.9 cm³/mol. The van der Waals surface area contributed by atoms with Crippen LogP contribution < -0.4 is 4.74 Å². The topological polar surface area (TPSA) is 38.7 Å². The normalized spacial score (nSPS) is 21.9. The Morgan fingerprint density at radius 1 is 1.33 bits per heavy atom. The average Bonchev–Trinajstić information content (AvgIpc) is 2.71. The molecule has 0 radical (unpaired) electrons. The van der Waals surface area contributed by atoms with Gasteiger partial charge in [-0.1, -0.05) is 25.8 Å². The Kier molecular flexibility index (Phi) is 4.61. The Bertz CT molecular complexity index is 389. The van der Waals surface area contributed by atoms with Crippen molar-refractivity contribution in [2.45, 2.75) is 44.8 Å². The fourth-order valence-corrected chi connectivity index (χ4v) is 2.43. The van der Waals surface area contributed by atoms with Gasteiger partial charge < -0.3 is 14.6 Å². The summed E-state index contributed by atoms with van der Waals surface area (Å²) < 4.78 is 11.0. The van der Waals surface area contributed by atoms with E-state index in [0.717, 1.165) is 30.8 Å². The monoisotopic (exact) mass is 250 g/mol. The molecule has 0 saturated heterocycles. The summed E-state index contributed by atoms with van der Waals surface area (Å²) in [5, 5.41) is 10.2. The molecule has 18 heavy (non-hydrogen) atoms. The number of aliphatic hydroxyl groups is 1. The molecule has 0 fully saturated rings. The molecule has 2 atom stereocenters. The summed E-state index contributed by atoms with van der Waals surface area (Å²) in [6.07, 6.45) is 3.63. The molecule has 1 N–H and O–H groups in total. The number of methoxy groups -OCH3 is 1. The van der Waals surface area contributed by atoms with Gasteiger partial charge in [0.25, 0.3) is 0 Å². The predicted octanol–water partition coefficient (Wildman–Crippen LogP) is 2.86. The summed E-state index contributed by atoms with van der Waals surface area (Å²) in [6, 6.07) is 5.87. The maximum absolute atomic E-state index is 10.2. The second kappa shape index (κ2) is 6.21. The van der Waals surface area contributed by atoms with Crippen molar-refractivity contribution in [3.05, 3.63) is 29.3 Å². The summed E-state index contributed by atoms with van der Waals surface area (Å²) in [4.78, 5) is 0. The maximum atomic E-state index is 10.2. The third kappa shape index (κ3) is 2.85. The number of benzene rings is 1. The van der Waals surface area contributed by atoms with Gasteiger partial charge >= 0.3 is 0 Å². The van der Waals surface area contributed by atoms with Gasteiger partial charge in [0.2, 0.25) is 0 Å². The zero-order chi connectivity index (χ0) is 13.0. The molecule has 0 heterocycles. The highest BCUT2D eigenvalue weighted by Gasteiger charge is 2.31. The van der Waals surface area contributed by atoms with Crippen LogP contribution >= 0.6 is 0 Å². The minimum Gasteiger partial charge on any atom is -0.497 e. The third-order valence-electron chi connectivity index (χ3n) is 3.52. The van der Waals surface area contributed by atoms with Crippen molar-refractivity contribution in [1.29, 1.82) is 0 Å². The van der Waals surface area contributed by atoms with E-state index in [9.17, 15) is 5.11 Å². The second-order valence-corrected chi connectivity index (χ2v) is 4.83. The van der Waals surface area contributed by atoms with Crippen molar-refractivity contribution in [2.24, 2.45) is 0 Å². The maximum Gasteiger partial charge on any atom is 0.119 e. The van der Waals surface area contributed by atoms with Crippen LogP contribution in [0.2, 0.25) is 0 Å². The van der Waals surface area contributed by atoms with Gasteiger partial charge in [0.05, 0.1) is 13.2 Å². The molecule has 1 aliphatic carbocycles. The van der Waals surface area contributed by atoms with Crippen LogP contribution in [0.5, 0.6) is 5.75 Å². The van der Waals surface area contributed by atoms with E-state index in [-0.39, 0.29) is 6.10 Å². The van der Waals surface area contributed by atoms with Crippen LogP contribution in [0.4, 0.5) is 0 Å². The summed E-state index contributed by atoms with van der Waals surface area (Å²) in [5.74, 6) is 0.791. The van der Waals surface area contributed by atoms with Crippen LogP contribution in [-0.2, 0) is 11.2 Å². The lowest BCUT2D eigenvalue weighted by atomic mass is 10.1. The molecule has 3 heteroatoms. The molecular formula is C15H22O3. The molecule has 0 spiro atoms. The van der Waals surface area contributed by atoms with Gasteiger partial charge in [0.1, 0.15) is 11.9 Å². The first-order valence-electron chi connectivity index (χ1n) is 6.72. The Labute approximate surface area is 109 Å². The molecule has 1 aromatic rings. The molecule has 2 unspecified atom stereocenters. The molecule has 1 aliphatic rings. The largest absolute Gasteiger partial charge is 0.497 e. The SMILES string of the molecule is CCCCCOC1Cc2ccc(OC)cc2C1O. The molecule has 0 aliphatic heterocycles. The van der Waals surface area contributed by atoms with Gasteiger partial charge in [-0.3, -0.25) is 0 Å². The molecular weight excluding hydrogens is 228 g/mol. The minimum absolute atomic E-state index is 0.0936. The van der Waals surface area contributed by atoms with E-state index in [4.69, 9.17) is 9.47 Å². The van der Waals surface area contributed by atoms with E-state index >= 15 is 0 Å². The quantitative estimate of drug-likeness (QED) is 0.789. The summed E-state index contributed by atoms with van der Waals surface area (Å²) in [6.45, 7) is 2.91. The molecule has 0 aromatic heterocycles. The van der Waals surface area contributed by atoms with Crippen molar-refractivity contribution >= 4 is 0 Å². The lowest BCUT2D eigenvalue weighted by Crippen LogP contribution is -2.18. The standard InChI is InChI=1S/C15H22O3/c1-3-4-5-8-18-14-9-11-6-7-12(17-2)10-13(11)15(14)16/h6-7,10,14-16H,3-5,8-9H2,1-2H3. The van der Waals surface area contributed by atoms with Crippen LogP contribution in [0.3, 0.4) is 0 Å². The third-order valence-corrected chi connectivity index (χ3v) is 3.52. The van der Waals surface area contributed by atoms with Crippen molar-refractivity contribution in [2.75, 3.05) is 13.7 Å². The van der Waals surface area contributed by atoms with Crippen LogP contribution in [0.1, 0.15) is 43.4 Å². The number of hydrogen-bond donors (Lipinski definition) is 1. The van der Waals surface area contributed by atoms with Crippen molar-refractivity contribution in [1.82, 2.24) is 0 Å². The first kappa shape index (κ1) is 13.4. The minimum atomic E-state index is -0.517. The fourth-order valence-electron chi connectivity index (χ4n) is 2.43. The molecule has 0 bridgehead atoms. The van der Waals surface area contributed by atoms with Gasteiger partial charge in [0, 0.05) is 13.0 Å². The van der Waals surface area contributed by atoms with Crippen molar-refractivity contribution < 1.29 is 14.6 Å². The molecule has 0 saturated carbocycles. The van der Waals surface area contributed by atoms with E-state index in [2.05, 4.69) is 6.92 Å². The molecule has 100 valence electrons. The lowest BCUT2D eigenvalue weighted by molar-refractivity contribution is -0.0288. The van der Waals surface area contributed by atoms with Crippen LogP contribution in [0.15, 0.2) is 18.2 Å². The van der Waals surface area contributed by atoms with Gasteiger partial charge in [-0.25, -0.2) is 0 Å². The number of hydrogen-bond acceptors (Lipinski definition) is 3. The number of unbranched alkanes of at least 4 members (excludes halogenated alkanes) is 2. The highest BCUT2D eigenvalue weighted by Crippen LogP contribution is 2.35. The van der Waals surface area contributed by atoms with Crippen molar-refractivity contribution in [3.63, 3.8) is 0 Å². The van der Waals surface area contributed by atoms with E-state index in [1.807, 2.05) is 18.2 Å². The van der Waals surface area contributed by atoms with Crippen LogP contribution in [0, 0.1) is 0 Å². The lowest BCUT2D eigenvalue weighted by Gasteiger charge is -2.16. The molecule has 3 nitrogen and oxygen atoms in total. The smallest absolute Gasteiger partial charge is 0.119 e. The zero-order valence-electron chi connectivity index (χ0n) is 11.2. The number of aliphatic hydroxyl groups excluding tert-OH is 1. The van der Waals surface area contributed by atoms with Gasteiger partial charge in [-0.2, -0.15) is 0 Å². The Hall–Kier alpha value is -1.06. The second-order valence-electron chi connectivity index (χ2n) is 4.83. The first-order valence-corrected chi connectivity index (χ1v) is 6.72. The molecule has 2 rings (SSSR count). The van der Waals surface area contributed by atoms with Crippen molar-refractivity contribution in [3.8, 4) is 5.75 Å². The number of fused-ring (bicyclic) bond motifs is 1. The fraction of sp³-hybridized carbons (Fsp3) is 0.600. The Balaban J connectivity index is 1.95. The first-order chi connectivity index (χ1) is 8.76. The molecule has 0 amide bonds. The zero-order valence-corrected chi connectivity index (χ0v) is 11.2. The van der Waals surface area contributed by atoms with E-state index in [0.29, 0.717) is 0 Å². The Morgan fingerprint density at radius 3 is 2.89 bits per heavy atom. The number of ether oxygens (including phenoxy) is 2. The summed E-state index contributed by atoms with van der Waals surface area (Å²) in [7, 11) is 1.64. The van der Waals surface area contributed by atoms with Crippen LogP contribution in [0.25, 0.3) is 0 Å². The van der Waals surface area contributed by atoms with E-state index in [1.165, 1.54) is 18.4 Å². The summed E-state index contributed by atoms with van der Waals surface area (Å²) >= 11 is 0. The van der Waals surface area contributed by atoms with E-state index in [1.54, 1.807) is 7.11 Å². The highest BCUT2D eigenvalue weighted by atomic mass is 16.5. The molecule has 1 aromatic carbocycles. The van der Waals surface area contributed by atoms with Gasteiger partial charge in [0.15, 0.2) is 0 Å². The highest BCUT2D eigenvalue weighted by molar-refractivity contribution is 5.41. The van der Waals surface area contributed by atoms with Gasteiger partial charge in [-0.15, -0.1) is 0 Å². The Morgan fingerprint density at radius 2 is 2.17 bits per heavy atom. The summed E-state index contributed by atoms with van der Waals surface area (Å²) in [5.41, 5.74) is 2.12. The van der Waals surface area contributed by atoms with Gasteiger partial charge in [-0.05, 0) is 29.7 Å². The van der Waals surface area contributed by atoms with Crippen LogP contribution in [-0.4, -0.2) is 24.9 Å². The number of rotatable bonds is 6.